The van der Waals surface area contributed by atoms with E-state index in [9.17, 15) is 9.59 Å². The first-order valence-electron chi connectivity index (χ1n) is 10.0. The van der Waals surface area contributed by atoms with Crippen LogP contribution in [0.15, 0.2) is 36.4 Å². The van der Waals surface area contributed by atoms with E-state index in [1.54, 1.807) is 0 Å². The number of benzene rings is 1. The van der Waals surface area contributed by atoms with Crippen molar-refractivity contribution in [3.8, 4) is 0 Å². The molecule has 0 spiro atoms. The maximum absolute atomic E-state index is 12.3. The number of amides is 1. The third-order valence-corrected chi connectivity index (χ3v) is 5.68. The predicted molar refractivity (Wildman–Crippen MR) is 104 cm³/mol. The minimum atomic E-state index is -0.185. The third kappa shape index (κ3) is 5.53. The number of carbonyl (C=O) groups excluding carboxylic acids is 2. The van der Waals surface area contributed by atoms with Crippen molar-refractivity contribution in [2.75, 3.05) is 19.6 Å². The first-order valence-corrected chi connectivity index (χ1v) is 10.0. The minimum absolute atomic E-state index is 0.114. The van der Waals surface area contributed by atoms with Crippen molar-refractivity contribution in [3.05, 3.63) is 47.5 Å². The summed E-state index contributed by atoms with van der Waals surface area (Å²) < 4.78 is 0. The van der Waals surface area contributed by atoms with Crippen LogP contribution < -0.4 is 10.6 Å². The van der Waals surface area contributed by atoms with Gasteiger partial charge in [-0.1, -0.05) is 43.5 Å². The molecule has 2 N–H and O–H groups in total. The van der Waals surface area contributed by atoms with Gasteiger partial charge >= 0.3 is 0 Å². The molecule has 1 amide bonds. The summed E-state index contributed by atoms with van der Waals surface area (Å²) in [6, 6.07) is 7.94. The fourth-order valence-corrected chi connectivity index (χ4v) is 3.99. The summed E-state index contributed by atoms with van der Waals surface area (Å²) in [5.74, 6) is 0.883. The molecule has 140 valence electrons. The Morgan fingerprint density at radius 2 is 1.65 bits per heavy atom. The monoisotopic (exact) mass is 354 g/mol. The zero-order chi connectivity index (χ0) is 18.2. The molecule has 2 aliphatic rings. The van der Waals surface area contributed by atoms with E-state index in [4.69, 9.17) is 0 Å². The minimum Gasteiger partial charge on any atom is -0.352 e. The van der Waals surface area contributed by atoms with Gasteiger partial charge < -0.3 is 10.6 Å². The van der Waals surface area contributed by atoms with Gasteiger partial charge in [-0.15, -0.1) is 0 Å². The van der Waals surface area contributed by atoms with E-state index in [0.717, 1.165) is 25.9 Å². The molecule has 1 aromatic carbocycles. The Kier molecular flexibility index (Phi) is 7.01. The fraction of sp³-hybridized carbons (Fsp3) is 0.545. The molecule has 0 aromatic heterocycles. The van der Waals surface area contributed by atoms with Crippen molar-refractivity contribution in [3.63, 3.8) is 0 Å². The number of ketones is 1. The summed E-state index contributed by atoms with van der Waals surface area (Å²) in [6.45, 7) is 2.73. The summed E-state index contributed by atoms with van der Waals surface area (Å²) in [6.07, 6.45) is 11.4. The van der Waals surface area contributed by atoms with Crippen molar-refractivity contribution in [2.45, 2.75) is 50.9 Å². The van der Waals surface area contributed by atoms with Crippen LogP contribution >= 0.6 is 0 Å². The molecule has 0 bridgehead atoms. The number of rotatable bonds is 6. The van der Waals surface area contributed by atoms with E-state index in [2.05, 4.69) is 22.8 Å². The molecule has 1 saturated heterocycles. The zero-order valence-corrected chi connectivity index (χ0v) is 15.5. The molecule has 0 radical (unpaired) electrons. The Bertz CT molecular complexity index is 624. The Hall–Kier alpha value is -1.94. The van der Waals surface area contributed by atoms with E-state index < -0.39 is 0 Å². The van der Waals surface area contributed by atoms with Crippen molar-refractivity contribution in [1.29, 1.82) is 0 Å². The lowest BCUT2D eigenvalue weighted by Crippen LogP contribution is -2.35. The van der Waals surface area contributed by atoms with Gasteiger partial charge in [0, 0.05) is 18.2 Å². The maximum atomic E-state index is 12.3. The lowest BCUT2D eigenvalue weighted by atomic mass is 9.84. The summed E-state index contributed by atoms with van der Waals surface area (Å²) >= 11 is 0. The van der Waals surface area contributed by atoms with Crippen LogP contribution in [0.25, 0.3) is 0 Å². The van der Waals surface area contributed by atoms with Crippen LogP contribution in [0.4, 0.5) is 0 Å². The lowest BCUT2D eigenvalue weighted by Gasteiger charge is -2.22. The maximum Gasteiger partial charge on any atom is 0.244 e. The highest BCUT2D eigenvalue weighted by molar-refractivity contribution is 6.07. The Morgan fingerprint density at radius 1 is 0.962 bits per heavy atom. The largest absolute Gasteiger partial charge is 0.352 e. The van der Waals surface area contributed by atoms with Crippen molar-refractivity contribution >= 4 is 11.7 Å². The summed E-state index contributed by atoms with van der Waals surface area (Å²) in [5.41, 5.74) is 1.98. The van der Waals surface area contributed by atoms with E-state index >= 15 is 0 Å². The first kappa shape index (κ1) is 18.8. The van der Waals surface area contributed by atoms with Crippen LogP contribution in [0.5, 0.6) is 0 Å². The molecular formula is C22H30N2O2. The van der Waals surface area contributed by atoms with Gasteiger partial charge in [0.15, 0.2) is 5.78 Å². The van der Waals surface area contributed by atoms with Crippen LogP contribution in [0, 0.1) is 5.92 Å². The van der Waals surface area contributed by atoms with Gasteiger partial charge in [0.2, 0.25) is 5.91 Å². The molecule has 1 saturated carbocycles. The average molecular weight is 354 g/mol. The van der Waals surface area contributed by atoms with Gasteiger partial charge in [-0.05, 0) is 62.2 Å². The molecule has 3 rings (SSSR count). The molecule has 0 unspecified atom stereocenters. The van der Waals surface area contributed by atoms with Crippen LogP contribution in [0.1, 0.15) is 66.8 Å². The second-order valence-electron chi connectivity index (χ2n) is 7.59. The second kappa shape index (κ2) is 9.67. The molecule has 1 aliphatic carbocycles. The van der Waals surface area contributed by atoms with Gasteiger partial charge in [-0.25, -0.2) is 0 Å². The highest BCUT2D eigenvalue weighted by atomic mass is 16.1. The van der Waals surface area contributed by atoms with Gasteiger partial charge in [0.25, 0.3) is 0 Å². The lowest BCUT2D eigenvalue weighted by molar-refractivity contribution is -0.116. The molecule has 2 fully saturated rings. The number of nitrogens with one attached hydrogen (secondary N) is 2. The van der Waals surface area contributed by atoms with Crippen LogP contribution in [-0.4, -0.2) is 31.3 Å². The summed E-state index contributed by atoms with van der Waals surface area (Å²) in [5, 5.41) is 6.22. The highest BCUT2D eigenvalue weighted by Crippen LogP contribution is 2.32. The molecule has 1 aliphatic heterocycles. The summed E-state index contributed by atoms with van der Waals surface area (Å²) in [7, 11) is 0. The van der Waals surface area contributed by atoms with Crippen LogP contribution in [-0.2, 0) is 4.79 Å². The SMILES string of the molecule is O=C(/C=C/C(=O)c1ccc(C2CCCCC2)cc1)NCC1CCNCC1. The molecule has 4 nitrogen and oxygen atoms in total. The van der Waals surface area contributed by atoms with E-state index in [0.29, 0.717) is 23.9 Å². The van der Waals surface area contributed by atoms with Crippen molar-refractivity contribution in [2.24, 2.45) is 5.92 Å². The van der Waals surface area contributed by atoms with E-state index in [-0.39, 0.29) is 11.7 Å². The van der Waals surface area contributed by atoms with Gasteiger partial charge in [0.1, 0.15) is 0 Å². The first-order chi connectivity index (χ1) is 12.7. The topological polar surface area (TPSA) is 58.2 Å². The molecule has 1 aromatic rings. The standard InChI is InChI=1S/C22H30N2O2/c25-21(10-11-22(26)24-16-17-12-14-23-15-13-17)20-8-6-19(7-9-20)18-4-2-1-3-5-18/h6-11,17-18,23H,1-5,12-16H2,(H,24,26)/b11-10+. The highest BCUT2D eigenvalue weighted by Gasteiger charge is 2.16. The van der Waals surface area contributed by atoms with E-state index in [1.807, 2.05) is 12.1 Å². The smallest absolute Gasteiger partial charge is 0.244 e. The fourth-order valence-electron chi connectivity index (χ4n) is 3.99. The van der Waals surface area contributed by atoms with Crippen LogP contribution in [0.3, 0.4) is 0 Å². The molecule has 26 heavy (non-hydrogen) atoms. The van der Waals surface area contributed by atoms with Gasteiger partial charge in [0.05, 0.1) is 0 Å². The zero-order valence-electron chi connectivity index (χ0n) is 15.5. The number of hydrogen-bond donors (Lipinski definition) is 2. The third-order valence-electron chi connectivity index (χ3n) is 5.68. The average Bonchev–Trinajstić information content (AvgIpc) is 2.72. The normalized spacial score (nSPS) is 19.5. The van der Waals surface area contributed by atoms with Crippen molar-refractivity contribution < 1.29 is 9.59 Å². The quantitative estimate of drug-likeness (QED) is 0.606. The molecule has 4 heteroatoms. The summed E-state index contributed by atoms with van der Waals surface area (Å²) in [4.78, 5) is 24.2. The number of hydrogen-bond acceptors (Lipinski definition) is 3. The van der Waals surface area contributed by atoms with Gasteiger partial charge in [-0.2, -0.15) is 0 Å². The molecule has 1 heterocycles. The number of carbonyl (C=O) groups is 2. The Balaban J connectivity index is 1.47. The van der Waals surface area contributed by atoms with Gasteiger partial charge in [-0.3, -0.25) is 9.59 Å². The van der Waals surface area contributed by atoms with E-state index in [1.165, 1.54) is 49.8 Å². The predicted octanol–water partition coefficient (Wildman–Crippen LogP) is 3.59. The van der Waals surface area contributed by atoms with Crippen LogP contribution in [0.2, 0.25) is 0 Å². The molecular weight excluding hydrogens is 324 g/mol. The Labute approximate surface area is 156 Å². The second-order valence-corrected chi connectivity index (χ2v) is 7.59. The number of allylic oxidation sites excluding steroid dienone is 1. The molecule has 0 atom stereocenters. The van der Waals surface area contributed by atoms with Crippen molar-refractivity contribution in [1.82, 2.24) is 10.6 Å². The Morgan fingerprint density at radius 3 is 2.35 bits per heavy atom. The number of piperidine rings is 1.